The van der Waals surface area contributed by atoms with E-state index in [1.54, 1.807) is 12.4 Å². The molecule has 1 aliphatic heterocycles. The average Bonchev–Trinajstić information content (AvgIpc) is 3.30. The minimum Gasteiger partial charge on any atom is -0.492 e. The predicted octanol–water partition coefficient (Wildman–Crippen LogP) is 4.67. The zero-order valence-electron chi connectivity index (χ0n) is 18.2. The summed E-state index contributed by atoms with van der Waals surface area (Å²) in [6.07, 6.45) is 9.13. The Morgan fingerprint density at radius 2 is 2.03 bits per heavy atom. The SMILES string of the molecule is O=C(O)CCCc1cccc(CCOc2ccc(-c3ccnn3C3CCCCO3)nc2)c1. The fourth-order valence-electron chi connectivity index (χ4n) is 3.95. The van der Waals surface area contributed by atoms with E-state index in [0.717, 1.165) is 61.4 Å². The van der Waals surface area contributed by atoms with Crippen LogP contribution in [0.3, 0.4) is 0 Å². The zero-order chi connectivity index (χ0) is 22.2. The second-order valence-corrected chi connectivity index (χ2v) is 8.03. The fourth-order valence-corrected chi connectivity index (χ4v) is 3.95. The van der Waals surface area contributed by atoms with Gasteiger partial charge in [-0.1, -0.05) is 24.3 Å². The number of ether oxygens (including phenoxy) is 2. The summed E-state index contributed by atoms with van der Waals surface area (Å²) in [7, 11) is 0. The molecule has 0 aliphatic carbocycles. The number of aryl methyl sites for hydroxylation is 1. The van der Waals surface area contributed by atoms with Crippen LogP contribution in [0.4, 0.5) is 0 Å². The number of aliphatic carboxylic acids is 1. The van der Waals surface area contributed by atoms with Gasteiger partial charge in [-0.25, -0.2) is 4.68 Å². The highest BCUT2D eigenvalue weighted by Crippen LogP contribution is 2.28. The highest BCUT2D eigenvalue weighted by atomic mass is 16.5. The van der Waals surface area contributed by atoms with Gasteiger partial charge in [0.1, 0.15) is 5.75 Å². The standard InChI is InChI=1S/C25H29N3O4/c29-25(30)9-4-7-19-5-3-6-20(17-19)13-16-31-21-10-11-22(26-18-21)23-12-14-27-28(23)24-8-1-2-15-32-24/h3,5-6,10-12,14,17-18,24H,1-2,4,7-9,13,15-16H2,(H,29,30). The van der Waals surface area contributed by atoms with E-state index >= 15 is 0 Å². The number of benzene rings is 1. The summed E-state index contributed by atoms with van der Waals surface area (Å²) in [5.41, 5.74) is 4.13. The third-order valence-corrected chi connectivity index (χ3v) is 5.60. The Bertz CT molecular complexity index is 1010. The van der Waals surface area contributed by atoms with Gasteiger partial charge in [0, 0.05) is 25.6 Å². The van der Waals surface area contributed by atoms with E-state index < -0.39 is 5.97 Å². The number of pyridine rings is 1. The molecular formula is C25H29N3O4. The number of carboxylic acid groups (broad SMARTS) is 1. The number of hydrogen-bond acceptors (Lipinski definition) is 5. The maximum absolute atomic E-state index is 10.7. The molecular weight excluding hydrogens is 406 g/mol. The fraction of sp³-hybridized carbons (Fsp3) is 0.400. The van der Waals surface area contributed by atoms with Crippen LogP contribution >= 0.6 is 0 Å². The van der Waals surface area contributed by atoms with Crippen LogP contribution in [0.2, 0.25) is 0 Å². The first kappa shape index (κ1) is 22.0. The van der Waals surface area contributed by atoms with Gasteiger partial charge in [0.25, 0.3) is 0 Å². The van der Waals surface area contributed by atoms with Crippen molar-refractivity contribution in [1.82, 2.24) is 14.8 Å². The third kappa shape index (κ3) is 5.95. The number of carboxylic acids is 1. The highest BCUT2D eigenvalue weighted by molar-refractivity contribution is 5.66. The van der Waals surface area contributed by atoms with Gasteiger partial charge in [-0.15, -0.1) is 0 Å². The molecule has 2 aromatic heterocycles. The number of aromatic nitrogens is 3. The summed E-state index contributed by atoms with van der Waals surface area (Å²) >= 11 is 0. The molecule has 0 saturated carbocycles. The van der Waals surface area contributed by atoms with Crippen molar-refractivity contribution in [2.24, 2.45) is 0 Å². The maximum atomic E-state index is 10.7. The van der Waals surface area contributed by atoms with Gasteiger partial charge in [0.2, 0.25) is 0 Å². The molecule has 3 heterocycles. The van der Waals surface area contributed by atoms with Gasteiger partial charge >= 0.3 is 5.97 Å². The van der Waals surface area contributed by atoms with Gasteiger partial charge in [-0.2, -0.15) is 5.10 Å². The van der Waals surface area contributed by atoms with Crippen molar-refractivity contribution in [3.8, 4) is 17.1 Å². The quantitative estimate of drug-likeness (QED) is 0.498. The maximum Gasteiger partial charge on any atom is 0.303 e. The molecule has 1 atom stereocenters. The number of nitrogens with zero attached hydrogens (tertiary/aromatic N) is 3. The molecule has 7 nitrogen and oxygen atoms in total. The molecule has 1 N–H and O–H groups in total. The monoisotopic (exact) mass is 435 g/mol. The molecule has 32 heavy (non-hydrogen) atoms. The van der Waals surface area contributed by atoms with Gasteiger partial charge < -0.3 is 14.6 Å². The van der Waals surface area contributed by atoms with E-state index in [1.807, 2.05) is 35.0 Å². The molecule has 1 aliphatic rings. The number of carbonyl (C=O) groups is 1. The molecule has 0 radical (unpaired) electrons. The van der Waals surface area contributed by atoms with Crippen LogP contribution in [0, 0.1) is 0 Å². The molecule has 1 saturated heterocycles. The predicted molar refractivity (Wildman–Crippen MR) is 121 cm³/mol. The lowest BCUT2D eigenvalue weighted by Crippen LogP contribution is -2.20. The van der Waals surface area contributed by atoms with Crippen LogP contribution in [-0.4, -0.2) is 39.1 Å². The Labute approximate surface area is 188 Å². The number of hydrogen-bond donors (Lipinski definition) is 1. The van der Waals surface area contributed by atoms with Crippen LogP contribution < -0.4 is 4.74 Å². The minimum absolute atomic E-state index is 0.0219. The molecule has 0 spiro atoms. The van der Waals surface area contributed by atoms with Crippen molar-refractivity contribution in [3.05, 3.63) is 66.0 Å². The molecule has 3 aromatic rings. The van der Waals surface area contributed by atoms with Crippen molar-refractivity contribution in [1.29, 1.82) is 0 Å². The molecule has 7 heteroatoms. The van der Waals surface area contributed by atoms with E-state index in [-0.39, 0.29) is 12.6 Å². The third-order valence-electron chi connectivity index (χ3n) is 5.60. The summed E-state index contributed by atoms with van der Waals surface area (Å²) in [6, 6.07) is 14.1. The highest BCUT2D eigenvalue weighted by Gasteiger charge is 2.20. The lowest BCUT2D eigenvalue weighted by molar-refractivity contribution is -0.137. The summed E-state index contributed by atoms with van der Waals surface area (Å²) in [5.74, 6) is -0.0210. The Morgan fingerprint density at radius 1 is 1.16 bits per heavy atom. The Hall–Kier alpha value is -3.19. The lowest BCUT2D eigenvalue weighted by atomic mass is 10.0. The zero-order valence-corrected chi connectivity index (χ0v) is 18.2. The topological polar surface area (TPSA) is 86.5 Å². The van der Waals surface area contributed by atoms with Crippen LogP contribution in [0.1, 0.15) is 49.5 Å². The molecule has 0 amide bonds. The van der Waals surface area contributed by atoms with E-state index in [1.165, 1.54) is 5.56 Å². The van der Waals surface area contributed by atoms with Crippen molar-refractivity contribution < 1.29 is 19.4 Å². The van der Waals surface area contributed by atoms with E-state index in [4.69, 9.17) is 14.6 Å². The van der Waals surface area contributed by atoms with Crippen molar-refractivity contribution in [3.63, 3.8) is 0 Å². The smallest absolute Gasteiger partial charge is 0.303 e. The minimum atomic E-state index is -0.749. The Balaban J connectivity index is 1.30. The van der Waals surface area contributed by atoms with Crippen molar-refractivity contribution in [2.45, 2.75) is 51.2 Å². The number of rotatable bonds is 10. The summed E-state index contributed by atoms with van der Waals surface area (Å²) < 4.78 is 13.7. The first-order valence-electron chi connectivity index (χ1n) is 11.2. The first-order chi connectivity index (χ1) is 15.7. The van der Waals surface area contributed by atoms with E-state index in [0.29, 0.717) is 13.0 Å². The Kier molecular flexibility index (Phi) is 7.51. The molecule has 0 bridgehead atoms. The average molecular weight is 436 g/mol. The van der Waals surface area contributed by atoms with Gasteiger partial charge in [0.15, 0.2) is 6.23 Å². The molecule has 4 rings (SSSR count). The van der Waals surface area contributed by atoms with Crippen LogP contribution in [-0.2, 0) is 22.4 Å². The Morgan fingerprint density at radius 3 is 2.78 bits per heavy atom. The normalized spacial score (nSPS) is 16.1. The van der Waals surface area contributed by atoms with Gasteiger partial charge in [-0.05, 0) is 61.4 Å². The second-order valence-electron chi connectivity index (χ2n) is 8.03. The largest absolute Gasteiger partial charge is 0.492 e. The van der Waals surface area contributed by atoms with Crippen LogP contribution in [0.5, 0.6) is 5.75 Å². The molecule has 168 valence electrons. The van der Waals surface area contributed by atoms with Gasteiger partial charge in [-0.3, -0.25) is 9.78 Å². The van der Waals surface area contributed by atoms with E-state index in [2.05, 4.69) is 22.2 Å². The summed E-state index contributed by atoms with van der Waals surface area (Å²) in [4.78, 5) is 15.3. The first-order valence-corrected chi connectivity index (χ1v) is 11.2. The molecule has 1 fully saturated rings. The molecule has 1 unspecified atom stereocenters. The van der Waals surface area contributed by atoms with Crippen molar-refractivity contribution >= 4 is 5.97 Å². The van der Waals surface area contributed by atoms with Crippen LogP contribution in [0.15, 0.2) is 54.9 Å². The van der Waals surface area contributed by atoms with Crippen molar-refractivity contribution in [2.75, 3.05) is 13.2 Å². The second kappa shape index (κ2) is 10.9. The molecule has 1 aromatic carbocycles. The summed E-state index contributed by atoms with van der Waals surface area (Å²) in [6.45, 7) is 1.32. The lowest BCUT2D eigenvalue weighted by Gasteiger charge is -2.24. The summed E-state index contributed by atoms with van der Waals surface area (Å²) in [5, 5.41) is 13.2. The van der Waals surface area contributed by atoms with Gasteiger partial charge in [0.05, 0.1) is 24.2 Å². The van der Waals surface area contributed by atoms with E-state index in [9.17, 15) is 4.79 Å². The van der Waals surface area contributed by atoms with Crippen LogP contribution in [0.25, 0.3) is 11.4 Å².